The van der Waals surface area contributed by atoms with E-state index in [4.69, 9.17) is 0 Å². The van der Waals surface area contributed by atoms with Crippen molar-refractivity contribution in [3.8, 4) is 0 Å². The first-order valence-electron chi connectivity index (χ1n) is 6.04. The van der Waals surface area contributed by atoms with Gasteiger partial charge in [-0.1, -0.05) is 18.2 Å². The Morgan fingerprint density at radius 1 is 1.40 bits per heavy atom. The maximum Gasteiger partial charge on any atom is 0.252 e. The van der Waals surface area contributed by atoms with Crippen LogP contribution in [0.25, 0.3) is 0 Å². The number of benzene rings is 1. The SMILES string of the molecule is C[n+]1ccn(CCNC(=O)c2ccccc2C=O)c1.[Br-]. The molecule has 2 rings (SSSR count). The molecule has 0 unspecified atom stereocenters. The Hall–Kier alpha value is -1.95. The molecule has 0 radical (unpaired) electrons. The first kappa shape index (κ1) is 16.1. The van der Waals surface area contributed by atoms with Crippen molar-refractivity contribution in [3.63, 3.8) is 0 Å². The second-order valence-electron chi connectivity index (χ2n) is 4.28. The second kappa shape index (κ2) is 7.59. The van der Waals surface area contributed by atoms with Crippen molar-refractivity contribution in [2.75, 3.05) is 6.54 Å². The van der Waals surface area contributed by atoms with Gasteiger partial charge in [-0.05, 0) is 6.07 Å². The van der Waals surface area contributed by atoms with E-state index in [1.807, 2.05) is 34.9 Å². The topological polar surface area (TPSA) is 55.0 Å². The molecule has 0 aliphatic heterocycles. The number of carbonyl (C=O) groups excluding carboxylic acids is 2. The smallest absolute Gasteiger partial charge is 0.252 e. The Morgan fingerprint density at radius 2 is 2.15 bits per heavy atom. The molecule has 1 aromatic heterocycles. The monoisotopic (exact) mass is 337 g/mol. The summed E-state index contributed by atoms with van der Waals surface area (Å²) < 4.78 is 3.91. The number of imidazole rings is 1. The molecule has 0 saturated carbocycles. The number of nitrogens with zero attached hydrogens (tertiary/aromatic N) is 2. The van der Waals surface area contributed by atoms with Gasteiger partial charge in [0.15, 0.2) is 6.29 Å². The van der Waals surface area contributed by atoms with E-state index in [1.165, 1.54) is 0 Å². The minimum absolute atomic E-state index is 0. The van der Waals surface area contributed by atoms with E-state index in [2.05, 4.69) is 5.32 Å². The summed E-state index contributed by atoms with van der Waals surface area (Å²) in [6.45, 7) is 1.20. The van der Waals surface area contributed by atoms with E-state index in [9.17, 15) is 9.59 Å². The average Bonchev–Trinajstić information content (AvgIpc) is 2.84. The molecular formula is C14H16BrN3O2. The van der Waals surface area contributed by atoms with Crippen LogP contribution in [0.1, 0.15) is 20.7 Å². The van der Waals surface area contributed by atoms with Gasteiger partial charge in [-0.2, -0.15) is 0 Å². The number of halogens is 1. The zero-order chi connectivity index (χ0) is 13.7. The third-order valence-corrected chi connectivity index (χ3v) is 2.81. The van der Waals surface area contributed by atoms with Gasteiger partial charge >= 0.3 is 0 Å². The predicted molar refractivity (Wildman–Crippen MR) is 69.8 cm³/mol. The predicted octanol–water partition coefficient (Wildman–Crippen LogP) is -2.44. The summed E-state index contributed by atoms with van der Waals surface area (Å²) in [5, 5.41) is 2.80. The van der Waals surface area contributed by atoms with Crippen LogP contribution >= 0.6 is 0 Å². The molecule has 0 fully saturated rings. The van der Waals surface area contributed by atoms with Gasteiger partial charge in [0.1, 0.15) is 18.9 Å². The minimum Gasteiger partial charge on any atom is -1.00 e. The Morgan fingerprint density at radius 3 is 2.80 bits per heavy atom. The summed E-state index contributed by atoms with van der Waals surface area (Å²) in [6.07, 6.45) is 6.50. The van der Waals surface area contributed by atoms with E-state index in [0.717, 1.165) is 0 Å². The van der Waals surface area contributed by atoms with E-state index in [1.54, 1.807) is 24.3 Å². The standard InChI is InChI=1S/C14H15N3O2.BrH/c1-16-8-9-17(11-16)7-6-15-14(19)13-5-3-2-4-12(13)10-18;/h2-5,8-11H,6-7H2,1H3;1H. The first-order chi connectivity index (χ1) is 9.20. The van der Waals surface area contributed by atoms with Crippen molar-refractivity contribution in [2.45, 2.75) is 6.54 Å². The molecule has 0 aliphatic rings. The number of amides is 1. The minimum atomic E-state index is -0.223. The van der Waals surface area contributed by atoms with Gasteiger partial charge in [-0.3, -0.25) is 9.59 Å². The fourth-order valence-corrected chi connectivity index (χ4v) is 1.83. The average molecular weight is 338 g/mol. The third-order valence-electron chi connectivity index (χ3n) is 2.81. The molecule has 1 N–H and O–H groups in total. The largest absolute Gasteiger partial charge is 1.00 e. The Bertz CT molecular complexity index is 596. The highest BCUT2D eigenvalue weighted by Gasteiger charge is 2.10. The van der Waals surface area contributed by atoms with Crippen LogP contribution in [0.5, 0.6) is 0 Å². The molecule has 106 valence electrons. The lowest BCUT2D eigenvalue weighted by Crippen LogP contribution is -3.00. The van der Waals surface area contributed by atoms with Gasteiger partial charge in [-0.15, -0.1) is 0 Å². The molecule has 1 heterocycles. The molecule has 5 nitrogen and oxygen atoms in total. The van der Waals surface area contributed by atoms with Crippen LogP contribution in [0, 0.1) is 0 Å². The summed E-state index contributed by atoms with van der Waals surface area (Å²) in [5.41, 5.74) is 0.822. The molecule has 0 spiro atoms. The lowest BCUT2D eigenvalue weighted by atomic mass is 10.1. The third kappa shape index (κ3) is 4.03. The summed E-state index contributed by atoms with van der Waals surface area (Å²) >= 11 is 0. The number of aldehydes is 1. The molecular weight excluding hydrogens is 322 g/mol. The van der Waals surface area contributed by atoms with Crippen molar-refractivity contribution < 1.29 is 31.1 Å². The van der Waals surface area contributed by atoms with Gasteiger partial charge in [-0.25, -0.2) is 9.13 Å². The zero-order valence-corrected chi connectivity index (χ0v) is 12.7. The van der Waals surface area contributed by atoms with E-state index in [-0.39, 0.29) is 22.9 Å². The molecule has 0 aliphatic carbocycles. The van der Waals surface area contributed by atoms with Crippen molar-refractivity contribution in [1.29, 1.82) is 0 Å². The molecule has 0 atom stereocenters. The molecule has 1 amide bonds. The van der Waals surface area contributed by atoms with Gasteiger partial charge in [0.05, 0.1) is 13.6 Å². The lowest BCUT2D eigenvalue weighted by Gasteiger charge is -2.05. The second-order valence-corrected chi connectivity index (χ2v) is 4.28. The molecule has 1 aromatic carbocycles. The van der Waals surface area contributed by atoms with Crippen LogP contribution in [-0.4, -0.2) is 23.3 Å². The number of hydrogen-bond donors (Lipinski definition) is 1. The van der Waals surface area contributed by atoms with E-state index >= 15 is 0 Å². The van der Waals surface area contributed by atoms with Crippen LogP contribution in [0.15, 0.2) is 43.0 Å². The molecule has 2 aromatic rings. The molecule has 6 heteroatoms. The number of aromatic nitrogens is 2. The van der Waals surface area contributed by atoms with Gasteiger partial charge < -0.3 is 22.3 Å². The molecule has 20 heavy (non-hydrogen) atoms. The Labute approximate surface area is 128 Å². The van der Waals surface area contributed by atoms with E-state index in [0.29, 0.717) is 30.5 Å². The highest BCUT2D eigenvalue weighted by Crippen LogP contribution is 2.05. The maximum atomic E-state index is 11.9. The van der Waals surface area contributed by atoms with Gasteiger partial charge in [0.2, 0.25) is 6.33 Å². The lowest BCUT2D eigenvalue weighted by molar-refractivity contribution is -0.671. The fraction of sp³-hybridized carbons (Fsp3) is 0.214. The summed E-state index contributed by atoms with van der Waals surface area (Å²) in [6, 6.07) is 6.76. The number of hydrogen-bond acceptors (Lipinski definition) is 2. The van der Waals surface area contributed by atoms with Gasteiger partial charge in [0.25, 0.3) is 5.91 Å². The van der Waals surface area contributed by atoms with Crippen molar-refractivity contribution in [3.05, 3.63) is 54.1 Å². The van der Waals surface area contributed by atoms with E-state index < -0.39 is 0 Å². The number of aryl methyl sites for hydroxylation is 1. The quantitative estimate of drug-likeness (QED) is 0.487. The summed E-state index contributed by atoms with van der Waals surface area (Å²) in [5.74, 6) is -0.223. The zero-order valence-electron chi connectivity index (χ0n) is 11.1. The number of carbonyl (C=O) groups is 2. The van der Waals surface area contributed by atoms with Crippen LogP contribution in [0.3, 0.4) is 0 Å². The molecule has 0 saturated heterocycles. The number of nitrogens with one attached hydrogen (secondary N) is 1. The number of rotatable bonds is 5. The fourth-order valence-electron chi connectivity index (χ4n) is 1.83. The summed E-state index contributed by atoms with van der Waals surface area (Å²) in [7, 11) is 1.94. The van der Waals surface area contributed by atoms with Crippen molar-refractivity contribution in [2.24, 2.45) is 7.05 Å². The van der Waals surface area contributed by atoms with Crippen molar-refractivity contribution in [1.82, 2.24) is 9.88 Å². The Kier molecular flexibility index (Phi) is 6.11. The van der Waals surface area contributed by atoms with Crippen LogP contribution < -0.4 is 26.9 Å². The highest BCUT2D eigenvalue weighted by atomic mass is 79.9. The normalized spacial score (nSPS) is 9.65. The van der Waals surface area contributed by atoms with Gasteiger partial charge in [0, 0.05) is 11.1 Å². The van der Waals surface area contributed by atoms with Crippen molar-refractivity contribution >= 4 is 12.2 Å². The highest BCUT2D eigenvalue weighted by molar-refractivity contribution is 6.01. The molecule has 0 bridgehead atoms. The maximum absolute atomic E-state index is 11.9. The van der Waals surface area contributed by atoms with Crippen LogP contribution in [0.2, 0.25) is 0 Å². The van der Waals surface area contributed by atoms with Crippen LogP contribution in [0.4, 0.5) is 0 Å². The first-order valence-corrected chi connectivity index (χ1v) is 6.04. The summed E-state index contributed by atoms with van der Waals surface area (Å²) in [4.78, 5) is 22.8. The van der Waals surface area contributed by atoms with Crippen LogP contribution in [-0.2, 0) is 13.6 Å². The Balaban J connectivity index is 0.00000200.